The monoisotopic (exact) mass is 111 g/mol. The molecule has 0 spiro atoms. The van der Waals surface area contributed by atoms with Crippen molar-refractivity contribution in [2.75, 3.05) is 0 Å². The average molecular weight is 111 g/mol. The number of nitrogens with two attached hydrogens (primary N) is 1. The van der Waals surface area contributed by atoms with Gasteiger partial charge in [-0.05, 0) is 6.92 Å². The molecule has 0 fully saturated rings. The van der Waals surface area contributed by atoms with Crippen LogP contribution in [-0.2, 0) is 0 Å². The molecule has 0 aliphatic carbocycles. The van der Waals surface area contributed by atoms with Crippen molar-refractivity contribution in [1.82, 2.24) is 5.32 Å². The summed E-state index contributed by atoms with van der Waals surface area (Å²) in [5, 5.41) is 2.91. The molecular weight excluding hydrogens is 102 g/mol. The van der Waals surface area contributed by atoms with Crippen molar-refractivity contribution >= 4 is 6.21 Å². The van der Waals surface area contributed by atoms with Gasteiger partial charge in [0, 0.05) is 18.6 Å². The molecule has 8 heavy (non-hydrogen) atoms. The highest BCUT2D eigenvalue weighted by atomic mass is 15.1. The molecule has 1 unspecified atom stereocenters. The van der Waals surface area contributed by atoms with Crippen molar-refractivity contribution in [3.8, 4) is 0 Å². The first kappa shape index (κ1) is 5.31. The van der Waals surface area contributed by atoms with Crippen LogP contribution in [0.5, 0.6) is 0 Å². The molecule has 1 rings (SSSR count). The van der Waals surface area contributed by atoms with Crippen LogP contribution in [0.3, 0.4) is 0 Å². The first-order valence-corrected chi connectivity index (χ1v) is 2.47. The highest BCUT2D eigenvalue weighted by molar-refractivity contribution is 5.70. The van der Waals surface area contributed by atoms with Crippen LogP contribution in [0.15, 0.2) is 17.4 Å². The maximum atomic E-state index is 5.57. The summed E-state index contributed by atoms with van der Waals surface area (Å²) in [6, 6.07) is 0. The Labute approximate surface area is 48.3 Å². The van der Waals surface area contributed by atoms with Gasteiger partial charge < -0.3 is 11.1 Å². The lowest BCUT2D eigenvalue weighted by Crippen LogP contribution is -2.50. The Kier molecular flexibility index (Phi) is 1.06. The fourth-order valence-electron chi connectivity index (χ4n) is 0.495. The third-order valence-electron chi connectivity index (χ3n) is 0.898. The minimum Gasteiger partial charge on any atom is -0.368 e. The molecule has 44 valence electrons. The minimum absolute atomic E-state index is 0.450. The SMILES string of the molecule is CC1(N)C=NC=CN1. The second-order valence-corrected chi connectivity index (χ2v) is 2.02. The van der Waals surface area contributed by atoms with Crippen molar-refractivity contribution in [3.05, 3.63) is 12.4 Å². The molecule has 1 aliphatic rings. The van der Waals surface area contributed by atoms with Crippen molar-refractivity contribution in [1.29, 1.82) is 0 Å². The van der Waals surface area contributed by atoms with Gasteiger partial charge in [0.1, 0.15) is 5.66 Å². The number of aliphatic imine (C=N–C) groups is 1. The smallest absolute Gasteiger partial charge is 0.119 e. The predicted octanol–water partition coefficient (Wildman–Crippen LogP) is -0.193. The highest BCUT2D eigenvalue weighted by Crippen LogP contribution is 1.93. The number of hydrogen-bond donors (Lipinski definition) is 2. The summed E-state index contributed by atoms with van der Waals surface area (Å²) in [6.45, 7) is 1.85. The maximum absolute atomic E-state index is 5.57. The molecule has 3 nitrogen and oxygen atoms in total. The number of hydrogen-bond acceptors (Lipinski definition) is 3. The molecule has 0 radical (unpaired) electrons. The molecule has 3 heteroatoms. The fourth-order valence-corrected chi connectivity index (χ4v) is 0.495. The van der Waals surface area contributed by atoms with E-state index < -0.39 is 5.66 Å². The molecule has 0 bridgehead atoms. The molecule has 0 amide bonds. The third kappa shape index (κ3) is 1.07. The van der Waals surface area contributed by atoms with Crippen molar-refractivity contribution in [3.63, 3.8) is 0 Å². The lowest BCUT2D eigenvalue weighted by Gasteiger charge is -2.21. The van der Waals surface area contributed by atoms with Gasteiger partial charge in [0.25, 0.3) is 0 Å². The molecule has 1 atom stereocenters. The van der Waals surface area contributed by atoms with Gasteiger partial charge in [0.05, 0.1) is 0 Å². The summed E-state index contributed by atoms with van der Waals surface area (Å²) in [6.07, 6.45) is 5.04. The van der Waals surface area contributed by atoms with Crippen molar-refractivity contribution in [2.45, 2.75) is 12.6 Å². The van der Waals surface area contributed by atoms with Crippen LogP contribution < -0.4 is 11.1 Å². The second-order valence-electron chi connectivity index (χ2n) is 2.02. The molecule has 0 saturated carbocycles. The van der Waals surface area contributed by atoms with E-state index in [2.05, 4.69) is 10.3 Å². The topological polar surface area (TPSA) is 50.4 Å². The number of nitrogens with zero attached hydrogens (tertiary/aromatic N) is 1. The Morgan fingerprint density at radius 1 is 1.75 bits per heavy atom. The standard InChI is InChI=1S/C5H9N3/c1-5(6)4-7-2-3-8-5/h2-4,8H,6H2,1H3. The number of rotatable bonds is 0. The normalized spacial score (nSPS) is 34.8. The zero-order valence-corrected chi connectivity index (χ0v) is 4.76. The quantitative estimate of drug-likeness (QED) is 0.455. The van der Waals surface area contributed by atoms with Gasteiger partial charge >= 0.3 is 0 Å². The van der Waals surface area contributed by atoms with E-state index in [1.807, 2.05) is 6.92 Å². The summed E-state index contributed by atoms with van der Waals surface area (Å²) >= 11 is 0. The van der Waals surface area contributed by atoms with Crippen molar-refractivity contribution < 1.29 is 0 Å². The lowest BCUT2D eigenvalue weighted by molar-refractivity contribution is 0.565. The molecule has 1 aliphatic heterocycles. The van der Waals surface area contributed by atoms with E-state index in [-0.39, 0.29) is 0 Å². The van der Waals surface area contributed by atoms with Gasteiger partial charge in [-0.1, -0.05) is 0 Å². The van der Waals surface area contributed by atoms with Crippen LogP contribution in [0.25, 0.3) is 0 Å². The largest absolute Gasteiger partial charge is 0.368 e. The van der Waals surface area contributed by atoms with E-state index in [1.165, 1.54) is 0 Å². The molecule has 0 aromatic rings. The van der Waals surface area contributed by atoms with E-state index in [9.17, 15) is 0 Å². The van der Waals surface area contributed by atoms with Crippen LogP contribution in [0.4, 0.5) is 0 Å². The van der Waals surface area contributed by atoms with E-state index in [0.29, 0.717) is 0 Å². The molecular formula is C5H9N3. The maximum Gasteiger partial charge on any atom is 0.119 e. The van der Waals surface area contributed by atoms with E-state index >= 15 is 0 Å². The highest BCUT2D eigenvalue weighted by Gasteiger charge is 2.12. The second kappa shape index (κ2) is 1.59. The van der Waals surface area contributed by atoms with Gasteiger partial charge in [0.15, 0.2) is 0 Å². The Bertz CT molecular complexity index is 135. The van der Waals surface area contributed by atoms with E-state index in [1.54, 1.807) is 18.6 Å². The lowest BCUT2D eigenvalue weighted by atomic mass is 10.2. The van der Waals surface area contributed by atoms with Crippen LogP contribution in [0.2, 0.25) is 0 Å². The van der Waals surface area contributed by atoms with Gasteiger partial charge in [-0.25, -0.2) is 0 Å². The fraction of sp³-hybridized carbons (Fsp3) is 0.400. The van der Waals surface area contributed by atoms with Gasteiger partial charge in [0.2, 0.25) is 0 Å². The molecule has 0 saturated heterocycles. The summed E-state index contributed by atoms with van der Waals surface area (Å²) in [4.78, 5) is 3.84. The molecule has 0 aromatic heterocycles. The molecule has 1 heterocycles. The summed E-state index contributed by atoms with van der Waals surface area (Å²) in [5.41, 5.74) is 5.12. The van der Waals surface area contributed by atoms with Crippen molar-refractivity contribution in [2.24, 2.45) is 10.7 Å². The molecule has 0 aromatic carbocycles. The predicted molar refractivity (Wildman–Crippen MR) is 33.4 cm³/mol. The Morgan fingerprint density at radius 2 is 2.50 bits per heavy atom. The van der Waals surface area contributed by atoms with Crippen LogP contribution in [0.1, 0.15) is 6.92 Å². The van der Waals surface area contributed by atoms with E-state index in [0.717, 1.165) is 0 Å². The Morgan fingerprint density at radius 3 is 2.75 bits per heavy atom. The zero-order valence-electron chi connectivity index (χ0n) is 4.76. The minimum atomic E-state index is -0.450. The van der Waals surface area contributed by atoms with Gasteiger partial charge in [-0.2, -0.15) is 0 Å². The van der Waals surface area contributed by atoms with Crippen LogP contribution in [0, 0.1) is 0 Å². The summed E-state index contributed by atoms with van der Waals surface area (Å²) < 4.78 is 0. The summed E-state index contributed by atoms with van der Waals surface area (Å²) in [7, 11) is 0. The first-order chi connectivity index (χ1) is 3.71. The first-order valence-electron chi connectivity index (χ1n) is 2.47. The average Bonchev–Trinajstić information content (AvgIpc) is 1.65. The number of nitrogens with one attached hydrogen (secondary N) is 1. The Balaban J connectivity index is 2.65. The van der Waals surface area contributed by atoms with Gasteiger partial charge in [-0.15, -0.1) is 0 Å². The molecule has 3 N–H and O–H groups in total. The van der Waals surface area contributed by atoms with Crippen LogP contribution >= 0.6 is 0 Å². The third-order valence-corrected chi connectivity index (χ3v) is 0.898. The van der Waals surface area contributed by atoms with Gasteiger partial charge in [-0.3, -0.25) is 4.99 Å². The van der Waals surface area contributed by atoms with E-state index in [4.69, 9.17) is 5.73 Å². The zero-order chi connectivity index (χ0) is 6.04. The van der Waals surface area contributed by atoms with Crippen LogP contribution in [-0.4, -0.2) is 11.9 Å². The Hall–Kier alpha value is -0.830. The summed E-state index contributed by atoms with van der Waals surface area (Å²) in [5.74, 6) is 0.